The number of hydrogen-bond acceptors (Lipinski definition) is 2. The second-order valence-corrected chi connectivity index (χ2v) is 3.40. The van der Waals surface area contributed by atoms with Crippen molar-refractivity contribution in [2.45, 2.75) is 13.5 Å². The molecule has 0 fully saturated rings. The molecular formula is C11H17NO. The van der Waals surface area contributed by atoms with Gasteiger partial charge in [0.2, 0.25) is 0 Å². The van der Waals surface area contributed by atoms with Crippen molar-refractivity contribution in [2.75, 3.05) is 13.2 Å². The lowest BCUT2D eigenvalue weighted by Crippen LogP contribution is -2.22. The Morgan fingerprint density at radius 3 is 2.62 bits per heavy atom. The molecule has 0 heterocycles. The van der Waals surface area contributed by atoms with Gasteiger partial charge in [0.15, 0.2) is 0 Å². The quantitative estimate of drug-likeness (QED) is 0.716. The number of hydrogen-bond donors (Lipinski definition) is 2. The molecule has 0 spiro atoms. The van der Waals surface area contributed by atoms with E-state index in [9.17, 15) is 0 Å². The van der Waals surface area contributed by atoms with Crippen LogP contribution in [-0.2, 0) is 6.54 Å². The molecule has 0 bridgehead atoms. The molecule has 1 unspecified atom stereocenters. The van der Waals surface area contributed by atoms with Crippen molar-refractivity contribution in [3.05, 3.63) is 35.9 Å². The summed E-state index contributed by atoms with van der Waals surface area (Å²) in [7, 11) is 0. The highest BCUT2D eigenvalue weighted by atomic mass is 16.3. The first-order chi connectivity index (χ1) is 6.33. The molecule has 1 atom stereocenters. The van der Waals surface area contributed by atoms with Gasteiger partial charge in [0.05, 0.1) is 0 Å². The molecule has 2 nitrogen and oxygen atoms in total. The lowest BCUT2D eigenvalue weighted by Gasteiger charge is -2.09. The minimum Gasteiger partial charge on any atom is -0.396 e. The second-order valence-electron chi connectivity index (χ2n) is 3.40. The van der Waals surface area contributed by atoms with Gasteiger partial charge in [-0.05, 0) is 11.5 Å². The normalized spacial score (nSPS) is 12.8. The molecule has 1 rings (SSSR count). The Morgan fingerprint density at radius 2 is 2.00 bits per heavy atom. The van der Waals surface area contributed by atoms with Crippen molar-refractivity contribution in [3.8, 4) is 0 Å². The molecule has 72 valence electrons. The van der Waals surface area contributed by atoms with Crippen LogP contribution >= 0.6 is 0 Å². The first-order valence-corrected chi connectivity index (χ1v) is 4.68. The largest absolute Gasteiger partial charge is 0.396 e. The minimum atomic E-state index is 0.252. The van der Waals surface area contributed by atoms with Crippen LogP contribution in [0.25, 0.3) is 0 Å². The predicted molar refractivity (Wildman–Crippen MR) is 54.4 cm³/mol. The Morgan fingerprint density at radius 1 is 1.31 bits per heavy atom. The van der Waals surface area contributed by atoms with Gasteiger partial charge in [-0.2, -0.15) is 0 Å². The van der Waals surface area contributed by atoms with E-state index < -0.39 is 0 Å². The van der Waals surface area contributed by atoms with Crippen molar-refractivity contribution in [3.63, 3.8) is 0 Å². The summed E-state index contributed by atoms with van der Waals surface area (Å²) in [5, 5.41) is 12.1. The third-order valence-corrected chi connectivity index (χ3v) is 1.98. The Hall–Kier alpha value is -0.860. The molecule has 2 N–H and O–H groups in total. The highest BCUT2D eigenvalue weighted by Gasteiger charge is 1.98. The minimum absolute atomic E-state index is 0.252. The summed E-state index contributed by atoms with van der Waals surface area (Å²) < 4.78 is 0. The van der Waals surface area contributed by atoms with Gasteiger partial charge in [-0.15, -0.1) is 0 Å². The van der Waals surface area contributed by atoms with Crippen molar-refractivity contribution >= 4 is 0 Å². The van der Waals surface area contributed by atoms with Crippen LogP contribution in [-0.4, -0.2) is 18.3 Å². The number of aliphatic hydroxyl groups is 1. The molecule has 0 saturated heterocycles. The maximum atomic E-state index is 8.79. The fourth-order valence-corrected chi connectivity index (χ4v) is 1.12. The SMILES string of the molecule is CC(CO)CNCc1ccccc1. The number of aliphatic hydroxyl groups excluding tert-OH is 1. The van der Waals surface area contributed by atoms with Gasteiger partial charge in [0.25, 0.3) is 0 Å². The van der Waals surface area contributed by atoms with Gasteiger partial charge in [0.1, 0.15) is 0 Å². The number of rotatable bonds is 5. The van der Waals surface area contributed by atoms with Crippen LogP contribution in [0.4, 0.5) is 0 Å². The molecule has 13 heavy (non-hydrogen) atoms. The summed E-state index contributed by atoms with van der Waals surface area (Å²) in [6, 6.07) is 10.3. The van der Waals surface area contributed by atoms with Crippen molar-refractivity contribution in [1.82, 2.24) is 5.32 Å². The molecule has 0 amide bonds. The van der Waals surface area contributed by atoms with Crippen LogP contribution in [0.3, 0.4) is 0 Å². The van der Waals surface area contributed by atoms with Gasteiger partial charge < -0.3 is 10.4 Å². The molecule has 1 aromatic rings. The molecule has 2 heteroatoms. The van der Waals surface area contributed by atoms with Crippen LogP contribution in [0.1, 0.15) is 12.5 Å². The maximum Gasteiger partial charge on any atom is 0.0468 e. The summed E-state index contributed by atoms with van der Waals surface area (Å²) in [4.78, 5) is 0. The molecule has 0 aromatic heterocycles. The fraction of sp³-hybridized carbons (Fsp3) is 0.455. The van der Waals surface area contributed by atoms with Gasteiger partial charge in [-0.3, -0.25) is 0 Å². The van der Waals surface area contributed by atoms with Crippen LogP contribution in [0.2, 0.25) is 0 Å². The molecule has 0 aliphatic carbocycles. The van der Waals surface area contributed by atoms with E-state index in [0.29, 0.717) is 5.92 Å². The Kier molecular flexibility index (Phi) is 4.50. The second kappa shape index (κ2) is 5.73. The van der Waals surface area contributed by atoms with Gasteiger partial charge in [-0.25, -0.2) is 0 Å². The third kappa shape index (κ3) is 4.06. The van der Waals surface area contributed by atoms with E-state index in [1.54, 1.807) is 0 Å². The zero-order chi connectivity index (χ0) is 9.52. The lowest BCUT2D eigenvalue weighted by atomic mass is 10.2. The fourth-order valence-electron chi connectivity index (χ4n) is 1.12. The van der Waals surface area contributed by atoms with E-state index in [1.807, 2.05) is 25.1 Å². The van der Waals surface area contributed by atoms with E-state index >= 15 is 0 Å². The Bertz CT molecular complexity index is 223. The van der Waals surface area contributed by atoms with E-state index in [2.05, 4.69) is 17.4 Å². The van der Waals surface area contributed by atoms with E-state index in [0.717, 1.165) is 13.1 Å². The molecule has 0 aliphatic rings. The third-order valence-electron chi connectivity index (χ3n) is 1.98. The molecular weight excluding hydrogens is 162 g/mol. The average Bonchev–Trinajstić information content (AvgIpc) is 2.19. The molecule has 1 aromatic carbocycles. The summed E-state index contributed by atoms with van der Waals surface area (Å²) >= 11 is 0. The summed E-state index contributed by atoms with van der Waals surface area (Å²) in [5.74, 6) is 0.337. The predicted octanol–water partition coefficient (Wildman–Crippen LogP) is 1.40. The zero-order valence-corrected chi connectivity index (χ0v) is 8.03. The maximum absolute atomic E-state index is 8.79. The van der Waals surface area contributed by atoms with Crippen LogP contribution in [0.15, 0.2) is 30.3 Å². The monoisotopic (exact) mass is 179 g/mol. The van der Waals surface area contributed by atoms with E-state index in [1.165, 1.54) is 5.56 Å². The van der Waals surface area contributed by atoms with Crippen molar-refractivity contribution in [1.29, 1.82) is 0 Å². The summed E-state index contributed by atoms with van der Waals surface area (Å²) in [6.45, 7) is 4.02. The first-order valence-electron chi connectivity index (χ1n) is 4.68. The summed E-state index contributed by atoms with van der Waals surface area (Å²) in [5.41, 5.74) is 1.28. The number of benzene rings is 1. The van der Waals surface area contributed by atoms with Crippen molar-refractivity contribution in [2.24, 2.45) is 5.92 Å². The highest BCUT2D eigenvalue weighted by Crippen LogP contribution is 1.97. The molecule has 0 saturated carbocycles. The standard InChI is InChI=1S/C11H17NO/c1-10(9-13)7-12-8-11-5-3-2-4-6-11/h2-6,10,12-13H,7-9H2,1H3. The topological polar surface area (TPSA) is 32.3 Å². The van der Waals surface area contributed by atoms with Crippen LogP contribution in [0.5, 0.6) is 0 Å². The van der Waals surface area contributed by atoms with Gasteiger partial charge in [0, 0.05) is 19.7 Å². The average molecular weight is 179 g/mol. The Balaban J connectivity index is 2.20. The lowest BCUT2D eigenvalue weighted by molar-refractivity contribution is 0.233. The molecule has 0 aliphatic heterocycles. The van der Waals surface area contributed by atoms with E-state index in [4.69, 9.17) is 5.11 Å². The van der Waals surface area contributed by atoms with Crippen LogP contribution < -0.4 is 5.32 Å². The van der Waals surface area contributed by atoms with Crippen LogP contribution in [0, 0.1) is 5.92 Å². The summed E-state index contributed by atoms with van der Waals surface area (Å²) in [6.07, 6.45) is 0. The van der Waals surface area contributed by atoms with Gasteiger partial charge >= 0.3 is 0 Å². The zero-order valence-electron chi connectivity index (χ0n) is 8.03. The van der Waals surface area contributed by atoms with Gasteiger partial charge in [-0.1, -0.05) is 37.3 Å². The highest BCUT2D eigenvalue weighted by molar-refractivity contribution is 5.14. The molecule has 0 radical (unpaired) electrons. The van der Waals surface area contributed by atoms with Crippen molar-refractivity contribution < 1.29 is 5.11 Å². The number of nitrogens with one attached hydrogen (secondary N) is 1. The van der Waals surface area contributed by atoms with E-state index in [-0.39, 0.29) is 6.61 Å². The first kappa shape index (κ1) is 10.2. The smallest absolute Gasteiger partial charge is 0.0468 e. The Labute approximate surface area is 79.6 Å².